The number of likely N-dealkylation sites (tertiary alicyclic amines) is 1. The van der Waals surface area contributed by atoms with Crippen molar-refractivity contribution >= 4 is 45.3 Å². The number of rotatable bonds is 7. The van der Waals surface area contributed by atoms with Crippen molar-refractivity contribution in [1.82, 2.24) is 14.8 Å². The van der Waals surface area contributed by atoms with Crippen molar-refractivity contribution in [3.63, 3.8) is 0 Å². The first-order chi connectivity index (χ1) is 17.6. The lowest BCUT2D eigenvalue weighted by Crippen LogP contribution is -2.52. The predicted octanol–water partition coefficient (Wildman–Crippen LogP) is 3.21. The van der Waals surface area contributed by atoms with E-state index in [9.17, 15) is 19.7 Å². The quantitative estimate of drug-likeness (QED) is 0.223. The number of para-hydroxylation sites is 1. The molecular formula is C25H31BrN6O5. The van der Waals surface area contributed by atoms with Crippen molar-refractivity contribution in [2.24, 2.45) is 0 Å². The first-order valence-electron chi connectivity index (χ1n) is 12.1. The summed E-state index contributed by atoms with van der Waals surface area (Å²) < 4.78 is 6.27. The summed E-state index contributed by atoms with van der Waals surface area (Å²) in [4.78, 5) is 44.0. The van der Waals surface area contributed by atoms with E-state index in [0.29, 0.717) is 42.9 Å². The number of pyridine rings is 1. The molecule has 3 heterocycles. The number of nitrogens with zero attached hydrogens (tertiary/aromatic N) is 4. The van der Waals surface area contributed by atoms with E-state index in [4.69, 9.17) is 4.74 Å². The number of morpholine rings is 1. The lowest BCUT2D eigenvalue weighted by atomic mass is 9.90. The average Bonchev–Trinajstić information content (AvgIpc) is 2.88. The Morgan fingerprint density at radius 1 is 1.35 bits per heavy atom. The third kappa shape index (κ3) is 5.69. The summed E-state index contributed by atoms with van der Waals surface area (Å²) >= 11 is 3.72. The lowest BCUT2D eigenvalue weighted by Gasteiger charge is -2.44. The molecule has 2 amide bonds. The number of alkyl halides is 1. The summed E-state index contributed by atoms with van der Waals surface area (Å²) in [7, 11) is 1.76. The van der Waals surface area contributed by atoms with E-state index < -0.39 is 10.5 Å². The number of carbonyl (C=O) groups is 2. The van der Waals surface area contributed by atoms with Gasteiger partial charge in [-0.2, -0.15) is 0 Å². The average molecular weight is 575 g/mol. The van der Waals surface area contributed by atoms with Crippen LogP contribution in [0.3, 0.4) is 0 Å². The molecule has 1 aromatic heterocycles. The molecule has 4 rings (SSSR count). The third-order valence-electron chi connectivity index (χ3n) is 6.83. The number of piperidine rings is 1. The van der Waals surface area contributed by atoms with Gasteiger partial charge in [0, 0.05) is 55.5 Å². The maximum atomic E-state index is 13.3. The van der Waals surface area contributed by atoms with Crippen LogP contribution < -0.4 is 10.6 Å². The normalized spacial score (nSPS) is 25.9. The van der Waals surface area contributed by atoms with Gasteiger partial charge in [0.25, 0.3) is 11.6 Å². The smallest absolute Gasteiger partial charge is 0.292 e. The van der Waals surface area contributed by atoms with Crippen LogP contribution in [0.4, 0.5) is 17.1 Å². The second-order valence-electron chi connectivity index (χ2n) is 9.67. The molecule has 0 radical (unpaired) electrons. The van der Waals surface area contributed by atoms with E-state index in [-0.39, 0.29) is 35.1 Å². The lowest BCUT2D eigenvalue weighted by molar-refractivity contribution is -0.384. The Morgan fingerprint density at radius 2 is 2.14 bits per heavy atom. The minimum atomic E-state index is -0.960. The highest BCUT2D eigenvalue weighted by Gasteiger charge is 2.41. The van der Waals surface area contributed by atoms with Gasteiger partial charge in [-0.1, -0.05) is 28.1 Å². The maximum Gasteiger partial charge on any atom is 0.292 e. The summed E-state index contributed by atoms with van der Waals surface area (Å²) in [6, 6.07) is 6.30. The van der Waals surface area contributed by atoms with Crippen LogP contribution >= 0.6 is 15.9 Å². The number of nitrogens with one attached hydrogen (secondary N) is 2. The van der Waals surface area contributed by atoms with E-state index in [0.717, 1.165) is 12.1 Å². The minimum Gasteiger partial charge on any atom is -0.387 e. The van der Waals surface area contributed by atoms with Crippen molar-refractivity contribution in [1.29, 1.82) is 0 Å². The molecular weight excluding hydrogens is 544 g/mol. The Bertz CT molecular complexity index is 1180. The van der Waals surface area contributed by atoms with Crippen molar-refractivity contribution in [3.8, 4) is 0 Å². The molecule has 2 aliphatic heterocycles. The van der Waals surface area contributed by atoms with Crippen molar-refractivity contribution in [2.75, 3.05) is 43.9 Å². The number of hydrogen-bond donors (Lipinski definition) is 2. The van der Waals surface area contributed by atoms with Gasteiger partial charge in [-0.15, -0.1) is 0 Å². The van der Waals surface area contributed by atoms with Gasteiger partial charge in [0.1, 0.15) is 11.3 Å². The van der Waals surface area contributed by atoms with E-state index in [1.54, 1.807) is 41.2 Å². The Kier molecular flexibility index (Phi) is 7.98. The third-order valence-corrected chi connectivity index (χ3v) is 7.93. The zero-order valence-corrected chi connectivity index (χ0v) is 22.6. The van der Waals surface area contributed by atoms with Crippen LogP contribution in [0.15, 0.2) is 36.7 Å². The molecule has 0 aliphatic carbocycles. The summed E-state index contributed by atoms with van der Waals surface area (Å²) in [6.07, 6.45) is 4.36. The fourth-order valence-corrected chi connectivity index (χ4v) is 5.62. The molecule has 12 heteroatoms. The Morgan fingerprint density at radius 3 is 2.84 bits per heavy atom. The SMILES string of the molecule is CNc1cncc(C(=O)N2CCC(Br)[C@H](Nc3c([N+](=O)[O-])cccc3[C@]3(C)CN(C=O)C[C@H](C)O3)C2)c1. The molecule has 1 unspecified atom stereocenters. The predicted molar refractivity (Wildman–Crippen MR) is 143 cm³/mol. The minimum absolute atomic E-state index is 0.0311. The van der Waals surface area contributed by atoms with E-state index in [2.05, 4.69) is 31.5 Å². The van der Waals surface area contributed by atoms with Crippen molar-refractivity contribution in [3.05, 3.63) is 57.9 Å². The number of benzene rings is 1. The van der Waals surface area contributed by atoms with Gasteiger partial charge < -0.3 is 25.2 Å². The molecule has 0 spiro atoms. The number of hydrogen-bond acceptors (Lipinski definition) is 8. The molecule has 198 valence electrons. The highest BCUT2D eigenvalue weighted by atomic mass is 79.9. The van der Waals surface area contributed by atoms with Crippen LogP contribution in [0, 0.1) is 10.1 Å². The Balaban J connectivity index is 1.65. The van der Waals surface area contributed by atoms with Gasteiger partial charge in [-0.25, -0.2) is 0 Å². The molecule has 2 N–H and O–H groups in total. The summed E-state index contributed by atoms with van der Waals surface area (Å²) in [5, 5.41) is 18.4. The molecule has 2 aromatic rings. The van der Waals surface area contributed by atoms with E-state index in [1.807, 2.05) is 13.8 Å². The number of nitro benzene ring substituents is 1. The second kappa shape index (κ2) is 11.0. The standard InChI is InChI=1S/C25H31BrN6O5/c1-16-12-30(15-33)14-25(2,37-16)19-5-4-6-22(32(35)36)23(19)29-21-13-31(8-7-20(21)26)24(34)17-9-18(27-3)11-28-10-17/h4-6,9-11,15-16,20-21,27,29H,7-8,12-14H2,1-3H3/t16-,20?,21+,25-/m0/s1. The van der Waals surface area contributed by atoms with Crippen LogP contribution in [0.1, 0.15) is 36.2 Å². The maximum absolute atomic E-state index is 13.3. The number of ether oxygens (including phenoxy) is 1. The largest absolute Gasteiger partial charge is 0.387 e. The van der Waals surface area contributed by atoms with E-state index >= 15 is 0 Å². The Hall–Kier alpha value is -3.25. The number of anilines is 2. The van der Waals surface area contributed by atoms with Crippen LogP contribution in [0.5, 0.6) is 0 Å². The molecule has 0 saturated carbocycles. The first-order valence-corrected chi connectivity index (χ1v) is 13.0. The molecule has 37 heavy (non-hydrogen) atoms. The van der Waals surface area contributed by atoms with Gasteiger partial charge >= 0.3 is 0 Å². The van der Waals surface area contributed by atoms with E-state index in [1.165, 1.54) is 12.3 Å². The van der Waals surface area contributed by atoms with Crippen molar-refractivity contribution in [2.45, 2.75) is 42.8 Å². The van der Waals surface area contributed by atoms with Gasteiger partial charge in [-0.3, -0.25) is 24.7 Å². The van der Waals surface area contributed by atoms with Crippen LogP contribution in [-0.4, -0.2) is 82.2 Å². The number of nitro groups is 1. The number of carbonyl (C=O) groups excluding carboxylic acids is 2. The number of aromatic nitrogens is 1. The highest BCUT2D eigenvalue weighted by Crippen LogP contribution is 2.41. The molecule has 11 nitrogen and oxygen atoms in total. The molecule has 1 aromatic carbocycles. The molecule has 2 fully saturated rings. The van der Waals surface area contributed by atoms with Gasteiger partial charge in [0.15, 0.2) is 0 Å². The van der Waals surface area contributed by atoms with Crippen LogP contribution in [-0.2, 0) is 15.1 Å². The van der Waals surface area contributed by atoms with Crippen LogP contribution in [0.25, 0.3) is 0 Å². The zero-order valence-electron chi connectivity index (χ0n) is 21.0. The topological polar surface area (TPSA) is 130 Å². The highest BCUT2D eigenvalue weighted by molar-refractivity contribution is 9.09. The van der Waals surface area contributed by atoms with Gasteiger partial charge in [0.05, 0.1) is 34.9 Å². The fraction of sp³-hybridized carbons (Fsp3) is 0.480. The zero-order chi connectivity index (χ0) is 26.7. The molecule has 2 aliphatic rings. The molecule has 2 saturated heterocycles. The monoisotopic (exact) mass is 574 g/mol. The Labute approximate surface area is 223 Å². The first kappa shape index (κ1) is 26.8. The van der Waals surface area contributed by atoms with Crippen LogP contribution in [0.2, 0.25) is 0 Å². The molecule has 0 bridgehead atoms. The van der Waals surface area contributed by atoms with Crippen molar-refractivity contribution < 1.29 is 19.2 Å². The number of amides is 2. The van der Waals surface area contributed by atoms with Gasteiger partial charge in [-0.05, 0) is 26.3 Å². The summed E-state index contributed by atoms with van der Waals surface area (Å²) in [5.41, 5.74) is 1.08. The van der Waals surface area contributed by atoms with Gasteiger partial charge in [0.2, 0.25) is 6.41 Å². The molecule has 4 atom stereocenters. The summed E-state index contributed by atoms with van der Waals surface area (Å²) in [5.74, 6) is -0.156. The second-order valence-corrected chi connectivity index (χ2v) is 10.8. The fourth-order valence-electron chi connectivity index (χ4n) is 5.12. The number of halogens is 1. The summed E-state index contributed by atoms with van der Waals surface area (Å²) in [6.45, 7) is 5.29.